The van der Waals surface area contributed by atoms with E-state index in [-0.39, 0.29) is 5.60 Å². The number of aryl methyl sites for hydroxylation is 2. The second-order valence-corrected chi connectivity index (χ2v) is 5.53. The van der Waals surface area contributed by atoms with Gasteiger partial charge in [-0.25, -0.2) is 0 Å². The number of nitrogens with one attached hydrogen (secondary N) is 1. The summed E-state index contributed by atoms with van der Waals surface area (Å²) in [5.74, 6) is 1.09. The van der Waals surface area contributed by atoms with Crippen LogP contribution in [0.25, 0.3) is 0 Å². The van der Waals surface area contributed by atoms with E-state index in [2.05, 4.69) is 52.2 Å². The highest BCUT2D eigenvalue weighted by Gasteiger charge is 2.38. The molecule has 1 unspecified atom stereocenters. The zero-order chi connectivity index (χ0) is 13.3. The van der Waals surface area contributed by atoms with Crippen LogP contribution in [0, 0.1) is 13.8 Å². The maximum absolute atomic E-state index is 6.37. The number of fused-ring (bicyclic) bond motifs is 1. The van der Waals surface area contributed by atoms with E-state index in [1.54, 1.807) is 0 Å². The first-order valence-electron chi connectivity index (χ1n) is 7.02. The second kappa shape index (κ2) is 4.93. The summed E-state index contributed by atoms with van der Waals surface area (Å²) in [6.07, 6.45) is 3.19. The van der Waals surface area contributed by atoms with Crippen LogP contribution >= 0.6 is 0 Å². The maximum atomic E-state index is 6.37. The van der Waals surface area contributed by atoms with E-state index in [9.17, 15) is 0 Å². The molecule has 0 amide bonds. The molecule has 0 fully saturated rings. The van der Waals surface area contributed by atoms with E-state index < -0.39 is 0 Å². The van der Waals surface area contributed by atoms with E-state index in [0.29, 0.717) is 6.04 Å². The normalized spacial score (nSPS) is 21.3. The monoisotopic (exact) mass is 247 g/mol. The lowest BCUT2D eigenvalue weighted by Gasteiger charge is -2.42. The van der Waals surface area contributed by atoms with Gasteiger partial charge in [-0.15, -0.1) is 0 Å². The van der Waals surface area contributed by atoms with Crippen LogP contribution in [0.5, 0.6) is 5.75 Å². The quantitative estimate of drug-likeness (QED) is 0.874. The van der Waals surface area contributed by atoms with Gasteiger partial charge >= 0.3 is 0 Å². The average molecular weight is 247 g/mol. The molecular weight excluding hydrogens is 222 g/mol. The Morgan fingerprint density at radius 1 is 1.28 bits per heavy atom. The van der Waals surface area contributed by atoms with Gasteiger partial charge in [0, 0.05) is 18.0 Å². The highest BCUT2D eigenvalue weighted by atomic mass is 16.5. The molecule has 1 N–H and O–H groups in total. The standard InChI is InChI=1S/C16H25NO/c1-6-16(7-2)10-13(17-5)15-12(4)8-11(3)9-14(15)18-16/h8-9,13,17H,6-7,10H2,1-5H3. The predicted molar refractivity (Wildman–Crippen MR) is 76.3 cm³/mol. The maximum Gasteiger partial charge on any atom is 0.125 e. The molecule has 0 aromatic heterocycles. The Bertz CT molecular complexity index is 435. The first-order chi connectivity index (χ1) is 8.55. The molecule has 0 aliphatic carbocycles. The Morgan fingerprint density at radius 2 is 1.94 bits per heavy atom. The SMILES string of the molecule is CCC1(CC)CC(NC)c2c(C)cc(C)cc2O1. The van der Waals surface area contributed by atoms with E-state index in [0.717, 1.165) is 25.0 Å². The minimum absolute atomic E-state index is 0.000903. The summed E-state index contributed by atoms with van der Waals surface area (Å²) < 4.78 is 6.37. The third kappa shape index (κ3) is 2.14. The minimum Gasteiger partial charge on any atom is -0.487 e. The topological polar surface area (TPSA) is 21.3 Å². The highest BCUT2D eigenvalue weighted by molar-refractivity contribution is 5.47. The van der Waals surface area contributed by atoms with Gasteiger partial charge in [0.25, 0.3) is 0 Å². The number of rotatable bonds is 3. The Labute approximate surface area is 111 Å². The Morgan fingerprint density at radius 3 is 2.50 bits per heavy atom. The molecule has 0 bridgehead atoms. The van der Waals surface area contributed by atoms with Gasteiger partial charge < -0.3 is 10.1 Å². The van der Waals surface area contributed by atoms with Crippen molar-refractivity contribution in [2.45, 2.75) is 58.6 Å². The smallest absolute Gasteiger partial charge is 0.125 e. The van der Waals surface area contributed by atoms with Crippen molar-refractivity contribution in [1.29, 1.82) is 0 Å². The van der Waals surface area contributed by atoms with Crippen molar-refractivity contribution in [3.8, 4) is 5.75 Å². The van der Waals surface area contributed by atoms with Crippen molar-refractivity contribution in [1.82, 2.24) is 5.32 Å². The summed E-state index contributed by atoms with van der Waals surface area (Å²) in [6.45, 7) is 8.78. The highest BCUT2D eigenvalue weighted by Crippen LogP contribution is 2.44. The van der Waals surface area contributed by atoms with Gasteiger partial charge in [-0.2, -0.15) is 0 Å². The lowest BCUT2D eigenvalue weighted by molar-refractivity contribution is 0.0236. The molecule has 1 atom stereocenters. The molecule has 0 spiro atoms. The van der Waals surface area contributed by atoms with Crippen molar-refractivity contribution in [3.05, 3.63) is 28.8 Å². The molecule has 0 radical (unpaired) electrons. The number of ether oxygens (including phenoxy) is 1. The van der Waals surface area contributed by atoms with Gasteiger partial charge in [0.15, 0.2) is 0 Å². The molecule has 0 saturated carbocycles. The van der Waals surface area contributed by atoms with Gasteiger partial charge in [0.2, 0.25) is 0 Å². The van der Waals surface area contributed by atoms with E-state index in [1.165, 1.54) is 16.7 Å². The van der Waals surface area contributed by atoms with Gasteiger partial charge in [-0.05, 0) is 50.9 Å². The summed E-state index contributed by atoms with van der Waals surface area (Å²) in [4.78, 5) is 0. The zero-order valence-corrected chi connectivity index (χ0v) is 12.3. The molecule has 0 saturated heterocycles. The van der Waals surface area contributed by atoms with Crippen molar-refractivity contribution in [2.24, 2.45) is 0 Å². The number of hydrogen-bond acceptors (Lipinski definition) is 2. The van der Waals surface area contributed by atoms with E-state index in [4.69, 9.17) is 4.74 Å². The van der Waals surface area contributed by atoms with Crippen LogP contribution in [0.15, 0.2) is 12.1 Å². The predicted octanol–water partition coefficient (Wildman–Crippen LogP) is 3.91. The fourth-order valence-corrected chi connectivity index (χ4v) is 3.15. The molecule has 1 heterocycles. The second-order valence-electron chi connectivity index (χ2n) is 5.53. The molecule has 2 nitrogen and oxygen atoms in total. The van der Waals surface area contributed by atoms with Crippen LogP contribution < -0.4 is 10.1 Å². The summed E-state index contributed by atoms with van der Waals surface area (Å²) in [6, 6.07) is 4.85. The van der Waals surface area contributed by atoms with Gasteiger partial charge in [0.05, 0.1) is 0 Å². The average Bonchev–Trinajstić information content (AvgIpc) is 2.36. The van der Waals surface area contributed by atoms with Crippen molar-refractivity contribution < 1.29 is 4.74 Å². The molecule has 1 aliphatic heterocycles. The van der Waals surface area contributed by atoms with Crippen molar-refractivity contribution in [3.63, 3.8) is 0 Å². The number of benzene rings is 1. The summed E-state index contributed by atoms with van der Waals surface area (Å²) in [5.41, 5.74) is 3.97. The number of hydrogen-bond donors (Lipinski definition) is 1. The lowest BCUT2D eigenvalue weighted by Crippen LogP contribution is -2.43. The largest absolute Gasteiger partial charge is 0.487 e. The Hall–Kier alpha value is -1.02. The molecule has 2 rings (SSSR count). The summed E-state index contributed by atoms with van der Waals surface area (Å²) in [7, 11) is 2.05. The van der Waals surface area contributed by atoms with E-state index in [1.807, 2.05) is 0 Å². The molecule has 18 heavy (non-hydrogen) atoms. The molecule has 1 aromatic rings. The molecule has 2 heteroatoms. The zero-order valence-electron chi connectivity index (χ0n) is 12.3. The first kappa shape index (κ1) is 13.4. The van der Waals surface area contributed by atoms with Gasteiger partial charge in [-0.3, -0.25) is 0 Å². The first-order valence-corrected chi connectivity index (χ1v) is 7.02. The van der Waals surface area contributed by atoms with Gasteiger partial charge in [-0.1, -0.05) is 19.9 Å². The minimum atomic E-state index is 0.000903. The Balaban J connectivity index is 2.51. The van der Waals surface area contributed by atoms with Crippen LogP contribution in [-0.2, 0) is 0 Å². The Kier molecular flexibility index (Phi) is 3.67. The van der Waals surface area contributed by atoms with Crippen molar-refractivity contribution in [2.75, 3.05) is 7.05 Å². The van der Waals surface area contributed by atoms with Crippen LogP contribution in [0.4, 0.5) is 0 Å². The molecule has 1 aliphatic rings. The van der Waals surface area contributed by atoms with Crippen LogP contribution in [-0.4, -0.2) is 12.6 Å². The van der Waals surface area contributed by atoms with E-state index >= 15 is 0 Å². The fraction of sp³-hybridized carbons (Fsp3) is 0.625. The third-order valence-electron chi connectivity index (χ3n) is 4.38. The molecule has 100 valence electrons. The van der Waals surface area contributed by atoms with Crippen LogP contribution in [0.2, 0.25) is 0 Å². The summed E-state index contributed by atoms with van der Waals surface area (Å²) >= 11 is 0. The third-order valence-corrected chi connectivity index (χ3v) is 4.38. The lowest BCUT2D eigenvalue weighted by atomic mass is 9.82. The summed E-state index contributed by atoms with van der Waals surface area (Å²) in [5, 5.41) is 3.46. The fourth-order valence-electron chi connectivity index (χ4n) is 3.15. The van der Waals surface area contributed by atoms with Crippen LogP contribution in [0.1, 0.15) is 55.8 Å². The van der Waals surface area contributed by atoms with Crippen molar-refractivity contribution >= 4 is 0 Å². The molecule has 1 aromatic carbocycles. The molecular formula is C16H25NO. The van der Waals surface area contributed by atoms with Gasteiger partial charge in [0.1, 0.15) is 11.4 Å². The van der Waals surface area contributed by atoms with Crippen LogP contribution in [0.3, 0.4) is 0 Å².